The first-order valence-corrected chi connectivity index (χ1v) is 5.62. The van der Waals surface area contributed by atoms with Crippen molar-refractivity contribution in [1.29, 1.82) is 0 Å². The average molecular weight is 216 g/mol. The van der Waals surface area contributed by atoms with Crippen LogP contribution in [0, 0.1) is 11.8 Å². The Morgan fingerprint density at radius 2 is 2.12 bits per heavy atom. The monoisotopic (exact) mass is 216 g/mol. The minimum absolute atomic E-state index is 0.589. The molecule has 0 atom stereocenters. The Kier molecular flexibility index (Phi) is 2.93. The first-order valence-electron chi connectivity index (χ1n) is 5.62. The Morgan fingerprint density at radius 3 is 2.69 bits per heavy atom. The highest BCUT2D eigenvalue weighted by atomic mass is 16.3. The van der Waals surface area contributed by atoms with Gasteiger partial charge in [0.2, 0.25) is 0 Å². The Morgan fingerprint density at radius 1 is 1.38 bits per heavy atom. The van der Waals surface area contributed by atoms with Gasteiger partial charge in [-0.25, -0.2) is 9.97 Å². The normalized spacial score (nSPS) is 16.2. The van der Waals surface area contributed by atoms with Crippen LogP contribution in [0.4, 0.5) is 0 Å². The van der Waals surface area contributed by atoms with Crippen molar-refractivity contribution < 1.29 is 5.11 Å². The summed E-state index contributed by atoms with van der Waals surface area (Å²) in [5, 5.41) is 9.50. The third kappa shape index (κ3) is 2.80. The van der Waals surface area contributed by atoms with Crippen LogP contribution in [-0.2, 0) is 0 Å². The van der Waals surface area contributed by atoms with Crippen LogP contribution in [0.5, 0.6) is 0 Å². The van der Waals surface area contributed by atoms with Crippen molar-refractivity contribution in [2.24, 2.45) is 0 Å². The van der Waals surface area contributed by atoms with Gasteiger partial charge in [-0.15, -0.1) is 0 Å². The van der Waals surface area contributed by atoms with Gasteiger partial charge in [0.25, 0.3) is 0 Å². The van der Waals surface area contributed by atoms with Crippen LogP contribution in [0.1, 0.15) is 50.4 Å². The molecule has 0 radical (unpaired) electrons. The highest BCUT2D eigenvalue weighted by Gasteiger charge is 2.20. The summed E-state index contributed by atoms with van der Waals surface area (Å²) in [4.78, 5) is 8.35. The second kappa shape index (κ2) is 4.23. The van der Waals surface area contributed by atoms with E-state index in [2.05, 4.69) is 21.8 Å². The Balaban J connectivity index is 2.18. The zero-order valence-corrected chi connectivity index (χ0v) is 9.70. The van der Waals surface area contributed by atoms with E-state index in [0.29, 0.717) is 11.6 Å². The second-order valence-electron chi connectivity index (χ2n) is 4.76. The van der Waals surface area contributed by atoms with Gasteiger partial charge in [-0.2, -0.15) is 0 Å². The third-order valence-corrected chi connectivity index (χ3v) is 2.71. The van der Waals surface area contributed by atoms with Gasteiger partial charge in [0.15, 0.2) is 0 Å². The molecule has 0 unspecified atom stereocenters. The molecule has 0 aromatic carbocycles. The van der Waals surface area contributed by atoms with Crippen LogP contribution < -0.4 is 0 Å². The summed E-state index contributed by atoms with van der Waals surface area (Å²) in [7, 11) is 0. The van der Waals surface area contributed by atoms with E-state index in [9.17, 15) is 5.11 Å². The lowest BCUT2D eigenvalue weighted by Gasteiger charge is -2.24. The van der Waals surface area contributed by atoms with Crippen molar-refractivity contribution in [3.8, 4) is 11.8 Å². The van der Waals surface area contributed by atoms with E-state index in [4.69, 9.17) is 0 Å². The molecule has 0 amide bonds. The molecule has 3 nitrogen and oxygen atoms in total. The van der Waals surface area contributed by atoms with E-state index in [1.807, 2.05) is 6.07 Å². The molecule has 3 heteroatoms. The van der Waals surface area contributed by atoms with E-state index in [-0.39, 0.29) is 0 Å². The van der Waals surface area contributed by atoms with Crippen LogP contribution in [0.2, 0.25) is 0 Å². The quantitative estimate of drug-likeness (QED) is 0.729. The maximum Gasteiger partial charge on any atom is 0.120 e. The summed E-state index contributed by atoms with van der Waals surface area (Å²) in [5.74, 6) is 6.22. The van der Waals surface area contributed by atoms with Crippen LogP contribution in [0.15, 0.2) is 12.4 Å². The molecule has 1 saturated carbocycles. The minimum atomic E-state index is -0.971. The molecule has 1 aliphatic rings. The highest BCUT2D eigenvalue weighted by molar-refractivity contribution is 5.31. The third-order valence-electron chi connectivity index (χ3n) is 2.71. The molecule has 1 N–H and O–H groups in total. The zero-order valence-electron chi connectivity index (χ0n) is 9.70. The molecule has 1 aromatic heterocycles. The standard InChI is InChI=1S/C13H16N2O/c1-13(2,16)7-6-11-8-12(15-9-14-11)10-4-3-5-10/h8-10,16H,3-5H2,1-2H3. The van der Waals surface area contributed by atoms with Gasteiger partial charge in [-0.3, -0.25) is 0 Å². The predicted molar refractivity (Wildman–Crippen MR) is 61.8 cm³/mol. The number of nitrogens with zero attached hydrogens (tertiary/aromatic N) is 2. The molecule has 0 aliphatic heterocycles. The molecule has 1 aliphatic carbocycles. The fraction of sp³-hybridized carbons (Fsp3) is 0.538. The first kappa shape index (κ1) is 11.1. The molecule has 1 heterocycles. The van der Waals surface area contributed by atoms with E-state index >= 15 is 0 Å². The molecule has 2 rings (SSSR count). The minimum Gasteiger partial charge on any atom is -0.378 e. The smallest absolute Gasteiger partial charge is 0.120 e. The number of rotatable bonds is 1. The summed E-state index contributed by atoms with van der Waals surface area (Å²) >= 11 is 0. The summed E-state index contributed by atoms with van der Waals surface area (Å²) in [5.41, 5.74) is 0.807. The predicted octanol–water partition coefficient (Wildman–Crippen LogP) is 1.87. The second-order valence-corrected chi connectivity index (χ2v) is 4.76. The summed E-state index contributed by atoms with van der Waals surface area (Å²) in [6.07, 6.45) is 5.28. The van der Waals surface area contributed by atoms with Crippen molar-refractivity contribution in [2.45, 2.75) is 44.6 Å². The van der Waals surface area contributed by atoms with Crippen molar-refractivity contribution in [3.63, 3.8) is 0 Å². The van der Waals surface area contributed by atoms with Gasteiger partial charge in [-0.05, 0) is 38.7 Å². The molecule has 1 fully saturated rings. The maximum atomic E-state index is 9.50. The average Bonchev–Trinajstić information content (AvgIpc) is 2.12. The van der Waals surface area contributed by atoms with Gasteiger partial charge in [0.1, 0.15) is 17.6 Å². The van der Waals surface area contributed by atoms with Crippen molar-refractivity contribution in [2.75, 3.05) is 0 Å². The lowest BCUT2D eigenvalue weighted by Crippen LogP contribution is -2.14. The molecule has 1 aromatic rings. The Labute approximate surface area is 95.9 Å². The van der Waals surface area contributed by atoms with Crippen molar-refractivity contribution in [3.05, 3.63) is 23.8 Å². The van der Waals surface area contributed by atoms with Gasteiger partial charge in [0.05, 0.1) is 0 Å². The van der Waals surface area contributed by atoms with E-state index in [1.54, 1.807) is 20.2 Å². The molecule has 84 valence electrons. The first-order chi connectivity index (χ1) is 7.54. The molecule has 0 saturated heterocycles. The van der Waals surface area contributed by atoms with Crippen LogP contribution in [-0.4, -0.2) is 20.7 Å². The molecule has 0 spiro atoms. The lowest BCUT2D eigenvalue weighted by molar-refractivity contribution is 0.143. The topological polar surface area (TPSA) is 46.0 Å². The maximum absolute atomic E-state index is 9.50. The van der Waals surface area contributed by atoms with E-state index in [1.165, 1.54) is 19.3 Å². The van der Waals surface area contributed by atoms with Gasteiger partial charge in [-0.1, -0.05) is 12.3 Å². The number of hydrogen-bond donors (Lipinski definition) is 1. The number of hydrogen-bond acceptors (Lipinski definition) is 3. The fourth-order valence-electron chi connectivity index (χ4n) is 1.58. The van der Waals surface area contributed by atoms with Crippen LogP contribution in [0.25, 0.3) is 0 Å². The molecular weight excluding hydrogens is 200 g/mol. The fourth-order valence-corrected chi connectivity index (χ4v) is 1.58. The van der Waals surface area contributed by atoms with Gasteiger partial charge in [0, 0.05) is 11.6 Å². The van der Waals surface area contributed by atoms with Crippen LogP contribution >= 0.6 is 0 Å². The zero-order chi connectivity index (χ0) is 11.6. The molecule has 0 bridgehead atoms. The molecular formula is C13H16N2O. The van der Waals surface area contributed by atoms with Crippen molar-refractivity contribution >= 4 is 0 Å². The van der Waals surface area contributed by atoms with Crippen molar-refractivity contribution in [1.82, 2.24) is 9.97 Å². The van der Waals surface area contributed by atoms with Gasteiger partial charge >= 0.3 is 0 Å². The molecule has 16 heavy (non-hydrogen) atoms. The number of aliphatic hydroxyl groups is 1. The highest BCUT2D eigenvalue weighted by Crippen LogP contribution is 2.34. The summed E-state index contributed by atoms with van der Waals surface area (Å²) in [6.45, 7) is 3.32. The van der Waals surface area contributed by atoms with E-state index in [0.717, 1.165) is 5.69 Å². The number of aromatic nitrogens is 2. The SMILES string of the molecule is CC(C)(O)C#Cc1cc(C2CCC2)ncn1. The lowest BCUT2D eigenvalue weighted by atomic mass is 9.83. The summed E-state index contributed by atoms with van der Waals surface area (Å²) in [6, 6.07) is 1.93. The van der Waals surface area contributed by atoms with Gasteiger partial charge < -0.3 is 5.11 Å². The van der Waals surface area contributed by atoms with Crippen LogP contribution in [0.3, 0.4) is 0 Å². The Hall–Kier alpha value is -1.40. The Bertz CT molecular complexity index is 433. The largest absolute Gasteiger partial charge is 0.378 e. The summed E-state index contributed by atoms with van der Waals surface area (Å²) < 4.78 is 0. The van der Waals surface area contributed by atoms with E-state index < -0.39 is 5.60 Å².